The molecule has 0 spiro atoms. The molecule has 1 aliphatic heterocycles. The molecule has 3 rings (SSSR count). The van der Waals surface area contributed by atoms with Gasteiger partial charge in [-0.15, -0.1) is 0 Å². The van der Waals surface area contributed by atoms with Gasteiger partial charge in [0.2, 0.25) is 0 Å². The van der Waals surface area contributed by atoms with E-state index in [0.717, 1.165) is 42.9 Å². The van der Waals surface area contributed by atoms with Gasteiger partial charge in [-0.3, -0.25) is 4.68 Å². The van der Waals surface area contributed by atoms with Crippen molar-refractivity contribution in [2.75, 3.05) is 13.2 Å². The summed E-state index contributed by atoms with van der Waals surface area (Å²) in [6.45, 7) is 7.41. The van der Waals surface area contributed by atoms with Gasteiger partial charge in [0, 0.05) is 31.4 Å². The summed E-state index contributed by atoms with van der Waals surface area (Å²) in [6, 6.07) is 6.11. The fraction of sp³-hybridized carbons (Fsp3) is 0.474. The Kier molecular flexibility index (Phi) is 5.58. The van der Waals surface area contributed by atoms with Crippen molar-refractivity contribution in [1.82, 2.24) is 20.0 Å². The van der Waals surface area contributed by atoms with E-state index in [9.17, 15) is 4.79 Å². The number of urea groups is 1. The molecule has 0 bridgehead atoms. The molecule has 2 heterocycles. The monoisotopic (exact) mass is 342 g/mol. The van der Waals surface area contributed by atoms with E-state index in [2.05, 4.69) is 16.5 Å². The van der Waals surface area contributed by atoms with Crippen LogP contribution in [0.1, 0.15) is 37.0 Å². The number of rotatable bonds is 6. The number of carbonyl (C=O) groups is 1. The van der Waals surface area contributed by atoms with E-state index >= 15 is 0 Å². The van der Waals surface area contributed by atoms with E-state index in [-0.39, 0.29) is 6.03 Å². The first-order valence-electron chi connectivity index (χ1n) is 8.98. The van der Waals surface area contributed by atoms with Gasteiger partial charge in [0.25, 0.3) is 0 Å². The van der Waals surface area contributed by atoms with Crippen LogP contribution >= 0.6 is 0 Å². The van der Waals surface area contributed by atoms with Gasteiger partial charge in [0.1, 0.15) is 5.75 Å². The van der Waals surface area contributed by atoms with E-state index in [1.165, 1.54) is 5.56 Å². The third kappa shape index (κ3) is 4.32. The summed E-state index contributed by atoms with van der Waals surface area (Å²) in [6.07, 6.45) is 5.90. The number of fused-ring (bicyclic) bond motifs is 1. The number of hydrogen-bond donors (Lipinski definition) is 1. The van der Waals surface area contributed by atoms with Crippen molar-refractivity contribution in [2.24, 2.45) is 0 Å². The number of aromatic nitrogens is 2. The van der Waals surface area contributed by atoms with Gasteiger partial charge in [-0.05, 0) is 43.9 Å². The second kappa shape index (κ2) is 8.05. The minimum absolute atomic E-state index is 0.0549. The lowest BCUT2D eigenvalue weighted by Gasteiger charge is -2.21. The van der Waals surface area contributed by atoms with Gasteiger partial charge in [-0.2, -0.15) is 5.10 Å². The molecule has 1 aromatic carbocycles. The molecule has 6 nitrogen and oxygen atoms in total. The Morgan fingerprint density at radius 2 is 2.24 bits per heavy atom. The van der Waals surface area contributed by atoms with Crippen molar-refractivity contribution in [3.63, 3.8) is 0 Å². The Balaban J connectivity index is 1.56. The van der Waals surface area contributed by atoms with Crippen LogP contribution in [-0.2, 0) is 26.1 Å². The van der Waals surface area contributed by atoms with Gasteiger partial charge in [-0.1, -0.05) is 12.1 Å². The lowest BCUT2D eigenvalue weighted by molar-refractivity contribution is 0.197. The zero-order chi connectivity index (χ0) is 17.6. The van der Waals surface area contributed by atoms with Gasteiger partial charge in [0.05, 0.1) is 19.3 Å². The molecular formula is C19H26N4O2. The molecule has 0 saturated carbocycles. The van der Waals surface area contributed by atoms with Crippen LogP contribution in [0.2, 0.25) is 0 Å². The summed E-state index contributed by atoms with van der Waals surface area (Å²) in [5.41, 5.74) is 3.38. The second-order valence-electron chi connectivity index (χ2n) is 6.27. The summed E-state index contributed by atoms with van der Waals surface area (Å²) < 4.78 is 7.51. The van der Waals surface area contributed by atoms with Gasteiger partial charge in [0.15, 0.2) is 0 Å². The van der Waals surface area contributed by atoms with Gasteiger partial charge >= 0.3 is 6.03 Å². The molecular weight excluding hydrogens is 316 g/mol. The highest BCUT2D eigenvalue weighted by Gasteiger charge is 2.14. The molecule has 0 atom stereocenters. The minimum atomic E-state index is -0.0549. The third-order valence-electron chi connectivity index (χ3n) is 4.47. The van der Waals surface area contributed by atoms with Crippen LogP contribution in [0.15, 0.2) is 30.6 Å². The predicted molar refractivity (Wildman–Crippen MR) is 96.5 cm³/mol. The summed E-state index contributed by atoms with van der Waals surface area (Å²) >= 11 is 0. The fourth-order valence-electron chi connectivity index (χ4n) is 3.02. The smallest absolute Gasteiger partial charge is 0.317 e. The maximum absolute atomic E-state index is 12.5. The highest BCUT2D eigenvalue weighted by atomic mass is 16.5. The van der Waals surface area contributed by atoms with Crippen LogP contribution < -0.4 is 10.1 Å². The molecule has 1 N–H and O–H groups in total. The highest BCUT2D eigenvalue weighted by molar-refractivity contribution is 5.74. The molecule has 2 aromatic rings. The molecule has 0 aliphatic carbocycles. The van der Waals surface area contributed by atoms with Gasteiger partial charge < -0.3 is 15.0 Å². The number of nitrogens with zero attached hydrogens (tertiary/aromatic N) is 3. The van der Waals surface area contributed by atoms with Crippen LogP contribution in [0.4, 0.5) is 4.79 Å². The first-order chi connectivity index (χ1) is 12.2. The normalized spacial score (nSPS) is 13.0. The van der Waals surface area contributed by atoms with E-state index in [0.29, 0.717) is 19.6 Å². The van der Waals surface area contributed by atoms with E-state index < -0.39 is 0 Å². The predicted octanol–water partition coefficient (Wildman–Crippen LogP) is 2.96. The number of benzene rings is 1. The van der Waals surface area contributed by atoms with Crippen molar-refractivity contribution in [3.05, 3.63) is 47.3 Å². The lowest BCUT2D eigenvalue weighted by Crippen LogP contribution is -2.39. The maximum atomic E-state index is 12.5. The maximum Gasteiger partial charge on any atom is 0.317 e. The Morgan fingerprint density at radius 3 is 3.00 bits per heavy atom. The van der Waals surface area contributed by atoms with Crippen molar-refractivity contribution in [3.8, 4) is 5.75 Å². The number of ether oxygens (including phenoxy) is 1. The van der Waals surface area contributed by atoms with Crippen molar-refractivity contribution >= 4 is 6.03 Å². The van der Waals surface area contributed by atoms with Crippen molar-refractivity contribution in [1.29, 1.82) is 0 Å². The molecule has 25 heavy (non-hydrogen) atoms. The number of nitrogens with one attached hydrogen (secondary N) is 1. The number of amides is 2. The van der Waals surface area contributed by atoms with Crippen molar-refractivity contribution < 1.29 is 9.53 Å². The Labute approximate surface area is 148 Å². The Bertz CT molecular complexity index is 726. The van der Waals surface area contributed by atoms with Crippen LogP contribution in [-0.4, -0.2) is 33.9 Å². The third-order valence-corrected chi connectivity index (χ3v) is 4.47. The Hall–Kier alpha value is -2.50. The summed E-state index contributed by atoms with van der Waals surface area (Å²) in [7, 11) is 0. The largest absolute Gasteiger partial charge is 0.493 e. The molecule has 2 amide bonds. The van der Waals surface area contributed by atoms with Gasteiger partial charge in [-0.25, -0.2) is 4.79 Å². The highest BCUT2D eigenvalue weighted by Crippen LogP contribution is 2.25. The minimum Gasteiger partial charge on any atom is -0.493 e. The summed E-state index contributed by atoms with van der Waals surface area (Å²) in [5, 5.41) is 7.28. The molecule has 134 valence electrons. The number of hydrogen-bond acceptors (Lipinski definition) is 3. The van der Waals surface area contributed by atoms with Crippen LogP contribution in [0, 0.1) is 0 Å². The standard InChI is InChI=1S/C19H26N4O2/c1-3-22(13-16-12-21-23(4-2)14-16)19(24)20-11-15-7-8-18-17(10-15)6-5-9-25-18/h7-8,10,12,14H,3-6,9,11,13H2,1-2H3,(H,20,24). The fourth-order valence-corrected chi connectivity index (χ4v) is 3.02. The van der Waals surface area contributed by atoms with Crippen LogP contribution in [0.25, 0.3) is 0 Å². The van der Waals surface area contributed by atoms with Crippen molar-refractivity contribution in [2.45, 2.75) is 46.3 Å². The molecule has 0 saturated heterocycles. The average Bonchev–Trinajstić information content (AvgIpc) is 3.11. The molecule has 1 aromatic heterocycles. The summed E-state index contributed by atoms with van der Waals surface area (Å²) in [4.78, 5) is 14.3. The van der Waals surface area contributed by atoms with Crippen LogP contribution in [0.5, 0.6) is 5.75 Å². The average molecular weight is 342 g/mol. The first kappa shape index (κ1) is 17.3. The number of carbonyl (C=O) groups excluding carboxylic acids is 1. The number of aryl methyl sites for hydroxylation is 2. The molecule has 6 heteroatoms. The van der Waals surface area contributed by atoms with E-state index in [1.807, 2.05) is 43.1 Å². The molecule has 1 aliphatic rings. The molecule has 0 fully saturated rings. The zero-order valence-electron chi connectivity index (χ0n) is 15.0. The van der Waals surface area contributed by atoms with E-state index in [1.54, 1.807) is 4.90 Å². The van der Waals surface area contributed by atoms with Crippen LogP contribution in [0.3, 0.4) is 0 Å². The Morgan fingerprint density at radius 1 is 1.36 bits per heavy atom. The first-order valence-corrected chi connectivity index (χ1v) is 8.98. The second-order valence-corrected chi connectivity index (χ2v) is 6.27. The SMILES string of the molecule is CCN(Cc1cnn(CC)c1)C(=O)NCc1ccc2c(c1)CCCO2. The summed E-state index contributed by atoms with van der Waals surface area (Å²) in [5.74, 6) is 0.976. The zero-order valence-corrected chi connectivity index (χ0v) is 15.0. The lowest BCUT2D eigenvalue weighted by atomic mass is 10.0. The molecule has 0 unspecified atom stereocenters. The quantitative estimate of drug-likeness (QED) is 0.878. The topological polar surface area (TPSA) is 59.4 Å². The molecule has 0 radical (unpaired) electrons. The van der Waals surface area contributed by atoms with E-state index in [4.69, 9.17) is 4.74 Å².